The van der Waals surface area contributed by atoms with E-state index in [1.54, 1.807) is 4.90 Å². The van der Waals surface area contributed by atoms with E-state index in [9.17, 15) is 18.0 Å². The third kappa shape index (κ3) is 3.80. The predicted molar refractivity (Wildman–Crippen MR) is 63.7 cm³/mol. The van der Waals surface area contributed by atoms with E-state index in [4.69, 9.17) is 5.11 Å². The number of piperazine rings is 1. The first kappa shape index (κ1) is 14.5. The normalized spacial score (nSPS) is 17.2. The number of rotatable bonds is 3. The second-order valence-electron chi connectivity index (χ2n) is 4.43. The molecule has 1 aromatic heterocycles. The van der Waals surface area contributed by atoms with Crippen LogP contribution in [0.1, 0.15) is 10.5 Å². The molecular formula is C11H13F3N4O2. The summed E-state index contributed by atoms with van der Waals surface area (Å²) < 4.78 is 36.8. The molecule has 0 atom stereocenters. The molecular weight excluding hydrogens is 277 g/mol. The summed E-state index contributed by atoms with van der Waals surface area (Å²) >= 11 is 0. The highest BCUT2D eigenvalue weighted by Gasteiger charge is 2.32. The summed E-state index contributed by atoms with van der Waals surface area (Å²) in [5.41, 5.74) is -0.132. The van der Waals surface area contributed by atoms with E-state index < -0.39 is 18.7 Å². The fraction of sp³-hybridized carbons (Fsp3) is 0.545. The van der Waals surface area contributed by atoms with Crippen LogP contribution in [0.25, 0.3) is 0 Å². The minimum atomic E-state index is -4.21. The predicted octanol–water partition coefficient (Wildman–Crippen LogP) is 0.859. The number of nitrogens with zero attached hydrogens (tertiary/aromatic N) is 4. The Labute approximate surface area is 112 Å². The average molecular weight is 290 g/mol. The monoisotopic (exact) mass is 290 g/mol. The molecule has 1 aliphatic heterocycles. The highest BCUT2D eigenvalue weighted by Crippen LogP contribution is 2.18. The second kappa shape index (κ2) is 5.61. The van der Waals surface area contributed by atoms with Crippen LogP contribution in [0.5, 0.6) is 0 Å². The van der Waals surface area contributed by atoms with Crippen molar-refractivity contribution in [2.45, 2.75) is 6.18 Å². The number of carboxylic acid groups (broad SMARTS) is 1. The lowest BCUT2D eigenvalue weighted by Crippen LogP contribution is -2.49. The van der Waals surface area contributed by atoms with Crippen LogP contribution in [-0.4, -0.2) is 64.8 Å². The largest absolute Gasteiger partial charge is 0.477 e. The minimum absolute atomic E-state index is 0.132. The van der Waals surface area contributed by atoms with Gasteiger partial charge in [-0.25, -0.2) is 14.8 Å². The quantitative estimate of drug-likeness (QED) is 0.890. The van der Waals surface area contributed by atoms with Crippen molar-refractivity contribution in [3.63, 3.8) is 0 Å². The Kier molecular flexibility index (Phi) is 4.07. The van der Waals surface area contributed by atoms with Gasteiger partial charge in [-0.3, -0.25) is 4.90 Å². The molecule has 9 heteroatoms. The summed E-state index contributed by atoms with van der Waals surface area (Å²) in [6, 6.07) is 1.27. The van der Waals surface area contributed by atoms with Gasteiger partial charge in [0.15, 0.2) is 5.69 Å². The number of hydrogen-bond donors (Lipinski definition) is 1. The Morgan fingerprint density at radius 3 is 2.50 bits per heavy atom. The lowest BCUT2D eigenvalue weighted by Gasteiger charge is -2.34. The molecule has 2 heterocycles. The number of carbonyl (C=O) groups is 1. The van der Waals surface area contributed by atoms with Gasteiger partial charge in [0.2, 0.25) is 5.95 Å². The van der Waals surface area contributed by atoms with Crippen molar-refractivity contribution in [1.82, 2.24) is 14.9 Å². The Morgan fingerprint density at radius 1 is 1.30 bits per heavy atom. The van der Waals surface area contributed by atoms with Gasteiger partial charge in [0, 0.05) is 32.4 Å². The van der Waals surface area contributed by atoms with Crippen molar-refractivity contribution in [3.8, 4) is 0 Å². The first-order chi connectivity index (χ1) is 9.35. The molecule has 0 radical (unpaired) electrons. The number of halogens is 3. The summed E-state index contributed by atoms with van der Waals surface area (Å²) in [4.78, 5) is 21.6. The lowest BCUT2D eigenvalue weighted by molar-refractivity contribution is -0.146. The SMILES string of the molecule is O=C(O)c1ccnc(N2CCN(CC(F)(F)F)CC2)n1. The van der Waals surface area contributed by atoms with Gasteiger partial charge in [-0.15, -0.1) is 0 Å². The highest BCUT2D eigenvalue weighted by atomic mass is 19.4. The fourth-order valence-electron chi connectivity index (χ4n) is 1.98. The van der Waals surface area contributed by atoms with Crippen molar-refractivity contribution in [1.29, 1.82) is 0 Å². The van der Waals surface area contributed by atoms with Crippen molar-refractivity contribution in [3.05, 3.63) is 18.0 Å². The smallest absolute Gasteiger partial charge is 0.401 e. The van der Waals surface area contributed by atoms with Crippen molar-refractivity contribution in [2.24, 2.45) is 0 Å². The summed E-state index contributed by atoms with van der Waals surface area (Å²) in [5.74, 6) is -0.930. The molecule has 0 unspecified atom stereocenters. The second-order valence-corrected chi connectivity index (χ2v) is 4.43. The topological polar surface area (TPSA) is 69.6 Å². The van der Waals surface area contributed by atoms with Crippen LogP contribution in [0.2, 0.25) is 0 Å². The van der Waals surface area contributed by atoms with E-state index in [2.05, 4.69) is 9.97 Å². The first-order valence-corrected chi connectivity index (χ1v) is 5.95. The molecule has 2 rings (SSSR count). The fourth-order valence-corrected chi connectivity index (χ4v) is 1.98. The molecule has 0 aliphatic carbocycles. The third-order valence-corrected chi connectivity index (χ3v) is 2.92. The number of anilines is 1. The molecule has 1 aromatic rings. The van der Waals surface area contributed by atoms with Crippen LogP contribution < -0.4 is 4.90 Å². The Balaban J connectivity index is 1.97. The maximum absolute atomic E-state index is 12.3. The molecule has 20 heavy (non-hydrogen) atoms. The number of aromatic nitrogens is 2. The van der Waals surface area contributed by atoms with E-state index in [1.807, 2.05) is 0 Å². The average Bonchev–Trinajstić information content (AvgIpc) is 2.38. The molecule has 1 fully saturated rings. The molecule has 1 aliphatic rings. The van der Waals surface area contributed by atoms with Gasteiger partial charge >= 0.3 is 12.1 Å². The van der Waals surface area contributed by atoms with Crippen LogP contribution in [0.3, 0.4) is 0 Å². The Bertz CT molecular complexity index is 487. The molecule has 0 spiro atoms. The van der Waals surface area contributed by atoms with Gasteiger partial charge in [0.05, 0.1) is 6.54 Å². The summed E-state index contributed by atoms with van der Waals surface area (Å²) in [6.45, 7) is 0.204. The molecule has 0 aromatic carbocycles. The van der Waals surface area contributed by atoms with Gasteiger partial charge in [-0.2, -0.15) is 13.2 Å². The number of alkyl halides is 3. The first-order valence-electron chi connectivity index (χ1n) is 5.95. The zero-order valence-corrected chi connectivity index (χ0v) is 10.5. The molecule has 0 amide bonds. The maximum Gasteiger partial charge on any atom is 0.401 e. The van der Waals surface area contributed by atoms with E-state index in [1.165, 1.54) is 17.2 Å². The number of carboxylic acids is 1. The van der Waals surface area contributed by atoms with Crippen molar-refractivity contribution < 1.29 is 23.1 Å². The van der Waals surface area contributed by atoms with E-state index in [0.717, 1.165) is 0 Å². The van der Waals surface area contributed by atoms with Crippen LogP contribution in [0, 0.1) is 0 Å². The molecule has 0 saturated carbocycles. The van der Waals surface area contributed by atoms with Gasteiger partial charge in [0.25, 0.3) is 0 Å². The minimum Gasteiger partial charge on any atom is -0.477 e. The van der Waals surface area contributed by atoms with Crippen LogP contribution in [0.15, 0.2) is 12.3 Å². The highest BCUT2D eigenvalue weighted by molar-refractivity contribution is 5.85. The molecule has 110 valence electrons. The Morgan fingerprint density at radius 2 is 1.95 bits per heavy atom. The Hall–Kier alpha value is -1.90. The third-order valence-electron chi connectivity index (χ3n) is 2.92. The zero-order valence-electron chi connectivity index (χ0n) is 10.5. The van der Waals surface area contributed by atoms with Crippen molar-refractivity contribution >= 4 is 11.9 Å². The van der Waals surface area contributed by atoms with Crippen LogP contribution >= 0.6 is 0 Å². The summed E-state index contributed by atoms with van der Waals surface area (Å²) in [6.07, 6.45) is -2.88. The van der Waals surface area contributed by atoms with Gasteiger partial charge in [0.1, 0.15) is 0 Å². The summed E-state index contributed by atoms with van der Waals surface area (Å²) in [7, 11) is 0. The van der Waals surface area contributed by atoms with Gasteiger partial charge in [-0.05, 0) is 6.07 Å². The molecule has 1 N–H and O–H groups in total. The van der Waals surface area contributed by atoms with E-state index in [0.29, 0.717) is 13.1 Å². The lowest BCUT2D eigenvalue weighted by atomic mass is 10.3. The number of aromatic carboxylic acids is 1. The van der Waals surface area contributed by atoms with E-state index in [-0.39, 0.29) is 24.7 Å². The molecule has 6 nitrogen and oxygen atoms in total. The van der Waals surface area contributed by atoms with Crippen molar-refractivity contribution in [2.75, 3.05) is 37.6 Å². The van der Waals surface area contributed by atoms with Gasteiger partial charge < -0.3 is 10.0 Å². The molecule has 1 saturated heterocycles. The van der Waals surface area contributed by atoms with Crippen LogP contribution in [-0.2, 0) is 0 Å². The zero-order chi connectivity index (χ0) is 14.8. The van der Waals surface area contributed by atoms with Gasteiger partial charge in [-0.1, -0.05) is 0 Å². The van der Waals surface area contributed by atoms with Crippen LogP contribution in [0.4, 0.5) is 19.1 Å². The maximum atomic E-state index is 12.3. The molecule has 0 bridgehead atoms. The van der Waals surface area contributed by atoms with E-state index >= 15 is 0 Å². The summed E-state index contributed by atoms with van der Waals surface area (Å²) in [5, 5.41) is 8.84. The number of hydrogen-bond acceptors (Lipinski definition) is 5. The standard InChI is InChI=1S/C11H13F3N4O2/c12-11(13,14)7-17-3-5-18(6-4-17)10-15-2-1-8(16-10)9(19)20/h1-2H,3-7H2,(H,19,20).